The molecule has 0 aliphatic heterocycles. The van der Waals surface area contributed by atoms with Crippen LogP contribution in [-0.2, 0) is 6.42 Å². The van der Waals surface area contributed by atoms with Crippen molar-refractivity contribution < 1.29 is 4.39 Å². The summed E-state index contributed by atoms with van der Waals surface area (Å²) in [5, 5.41) is 0.628. The summed E-state index contributed by atoms with van der Waals surface area (Å²) in [5.41, 5.74) is 2.38. The molecule has 2 rings (SSSR count). The second kappa shape index (κ2) is 6.31. The third-order valence-electron chi connectivity index (χ3n) is 3.25. The first kappa shape index (κ1) is 14.9. The lowest BCUT2D eigenvalue weighted by molar-refractivity contribution is 0.578. The van der Waals surface area contributed by atoms with Gasteiger partial charge in [-0.15, -0.1) is 0 Å². The highest BCUT2D eigenvalue weighted by Gasteiger charge is 2.13. The molecule has 1 unspecified atom stereocenters. The van der Waals surface area contributed by atoms with Gasteiger partial charge in [0.15, 0.2) is 0 Å². The SMILES string of the molecule is CC(C)c1nc(CC(C)c2ccc(Cl)cn2)ccc1F. The molecule has 0 aliphatic carbocycles. The number of hydrogen-bond acceptors (Lipinski definition) is 2. The van der Waals surface area contributed by atoms with Crippen LogP contribution in [0.2, 0.25) is 5.02 Å². The Morgan fingerprint density at radius 2 is 1.90 bits per heavy atom. The molecule has 0 fully saturated rings. The average molecular weight is 293 g/mol. The van der Waals surface area contributed by atoms with Gasteiger partial charge >= 0.3 is 0 Å². The third-order valence-corrected chi connectivity index (χ3v) is 3.47. The zero-order chi connectivity index (χ0) is 14.7. The van der Waals surface area contributed by atoms with Crippen molar-refractivity contribution in [3.05, 3.63) is 58.4 Å². The van der Waals surface area contributed by atoms with Gasteiger partial charge in [-0.2, -0.15) is 0 Å². The van der Waals surface area contributed by atoms with Crippen LogP contribution in [0.3, 0.4) is 0 Å². The normalized spacial score (nSPS) is 12.7. The first-order valence-corrected chi connectivity index (χ1v) is 7.12. The van der Waals surface area contributed by atoms with Gasteiger partial charge in [-0.3, -0.25) is 9.97 Å². The lowest BCUT2D eigenvalue weighted by Crippen LogP contribution is -2.06. The number of nitrogens with zero attached hydrogens (tertiary/aromatic N) is 2. The molecule has 0 spiro atoms. The highest BCUT2D eigenvalue weighted by Crippen LogP contribution is 2.21. The molecule has 2 aromatic heterocycles. The van der Waals surface area contributed by atoms with Crippen molar-refractivity contribution in [1.82, 2.24) is 9.97 Å². The molecule has 106 valence electrons. The van der Waals surface area contributed by atoms with Crippen LogP contribution in [0, 0.1) is 5.82 Å². The molecule has 0 aromatic carbocycles. The zero-order valence-electron chi connectivity index (χ0n) is 11.9. The summed E-state index contributed by atoms with van der Waals surface area (Å²) < 4.78 is 13.6. The van der Waals surface area contributed by atoms with E-state index in [4.69, 9.17) is 11.6 Å². The van der Waals surface area contributed by atoms with Gasteiger partial charge in [0.2, 0.25) is 0 Å². The highest BCUT2D eigenvalue weighted by molar-refractivity contribution is 6.30. The second-order valence-corrected chi connectivity index (χ2v) is 5.77. The number of aromatic nitrogens is 2. The molecule has 2 aromatic rings. The molecule has 0 bridgehead atoms. The van der Waals surface area contributed by atoms with E-state index in [0.717, 1.165) is 17.8 Å². The number of rotatable bonds is 4. The first-order valence-electron chi connectivity index (χ1n) is 6.74. The minimum atomic E-state index is -0.235. The molecular weight excluding hydrogens is 275 g/mol. The van der Waals surface area contributed by atoms with Crippen LogP contribution < -0.4 is 0 Å². The van der Waals surface area contributed by atoms with Crippen molar-refractivity contribution >= 4 is 11.6 Å². The summed E-state index contributed by atoms with van der Waals surface area (Å²) in [4.78, 5) is 8.74. The smallest absolute Gasteiger partial charge is 0.144 e. The van der Waals surface area contributed by atoms with Crippen LogP contribution in [0.4, 0.5) is 4.39 Å². The molecule has 0 N–H and O–H groups in total. The van der Waals surface area contributed by atoms with E-state index in [1.165, 1.54) is 6.07 Å². The van der Waals surface area contributed by atoms with Gasteiger partial charge in [-0.1, -0.05) is 32.4 Å². The molecule has 2 nitrogen and oxygen atoms in total. The van der Waals surface area contributed by atoms with E-state index in [9.17, 15) is 4.39 Å². The quantitative estimate of drug-likeness (QED) is 0.813. The summed E-state index contributed by atoms with van der Waals surface area (Å²) in [6.07, 6.45) is 2.37. The van der Waals surface area contributed by atoms with Gasteiger partial charge in [0.1, 0.15) is 5.82 Å². The first-order chi connectivity index (χ1) is 9.47. The maximum Gasteiger partial charge on any atom is 0.144 e. The number of halogens is 2. The fourth-order valence-electron chi connectivity index (χ4n) is 2.12. The van der Waals surface area contributed by atoms with Gasteiger partial charge in [0.05, 0.1) is 10.7 Å². The summed E-state index contributed by atoms with van der Waals surface area (Å²) in [6.45, 7) is 5.97. The van der Waals surface area contributed by atoms with Gasteiger partial charge < -0.3 is 0 Å². The minimum Gasteiger partial charge on any atom is -0.259 e. The van der Waals surface area contributed by atoms with Gasteiger partial charge in [-0.05, 0) is 36.6 Å². The monoisotopic (exact) mass is 292 g/mol. The molecule has 20 heavy (non-hydrogen) atoms. The van der Waals surface area contributed by atoms with E-state index in [1.807, 2.05) is 26.0 Å². The van der Waals surface area contributed by atoms with E-state index in [0.29, 0.717) is 10.7 Å². The Morgan fingerprint density at radius 3 is 2.50 bits per heavy atom. The Bertz CT molecular complexity index is 582. The summed E-state index contributed by atoms with van der Waals surface area (Å²) in [7, 11) is 0. The van der Waals surface area contributed by atoms with Crippen molar-refractivity contribution in [2.75, 3.05) is 0 Å². The van der Waals surface area contributed by atoms with Crippen LogP contribution in [0.5, 0.6) is 0 Å². The van der Waals surface area contributed by atoms with E-state index in [2.05, 4.69) is 16.9 Å². The summed E-state index contributed by atoms with van der Waals surface area (Å²) >= 11 is 5.83. The molecule has 4 heteroatoms. The Kier molecular flexibility index (Phi) is 4.71. The summed E-state index contributed by atoms with van der Waals surface area (Å²) in [5.74, 6) is 0.0603. The Balaban J connectivity index is 2.17. The van der Waals surface area contributed by atoms with Crippen LogP contribution in [-0.4, -0.2) is 9.97 Å². The molecule has 0 saturated carbocycles. The van der Waals surface area contributed by atoms with E-state index >= 15 is 0 Å². The molecular formula is C16H18ClFN2. The molecule has 0 saturated heterocycles. The molecule has 0 amide bonds. The Hall–Kier alpha value is -1.48. The highest BCUT2D eigenvalue weighted by atomic mass is 35.5. The largest absolute Gasteiger partial charge is 0.259 e. The molecule has 0 radical (unpaired) electrons. The van der Waals surface area contributed by atoms with E-state index < -0.39 is 0 Å². The minimum absolute atomic E-state index is 0.0823. The standard InChI is InChI=1S/C16H18ClFN2/c1-10(2)16-14(18)6-5-13(20-16)8-11(3)15-7-4-12(17)9-19-15/h4-7,9-11H,8H2,1-3H3. The second-order valence-electron chi connectivity index (χ2n) is 5.33. The lowest BCUT2D eigenvalue weighted by atomic mass is 10.00. The van der Waals surface area contributed by atoms with Crippen LogP contribution in [0.15, 0.2) is 30.5 Å². The van der Waals surface area contributed by atoms with Gasteiger partial charge in [0.25, 0.3) is 0 Å². The third kappa shape index (κ3) is 3.54. The van der Waals surface area contributed by atoms with Crippen molar-refractivity contribution in [3.63, 3.8) is 0 Å². The fourth-order valence-corrected chi connectivity index (χ4v) is 2.23. The van der Waals surface area contributed by atoms with E-state index in [-0.39, 0.29) is 17.7 Å². The van der Waals surface area contributed by atoms with Crippen molar-refractivity contribution in [3.8, 4) is 0 Å². The van der Waals surface area contributed by atoms with Gasteiger partial charge in [-0.25, -0.2) is 4.39 Å². The number of pyridine rings is 2. The van der Waals surface area contributed by atoms with Crippen LogP contribution >= 0.6 is 11.6 Å². The lowest BCUT2D eigenvalue weighted by Gasteiger charge is -2.13. The van der Waals surface area contributed by atoms with Crippen LogP contribution in [0.1, 0.15) is 49.7 Å². The van der Waals surface area contributed by atoms with Crippen LogP contribution in [0.25, 0.3) is 0 Å². The Labute approximate surface area is 124 Å². The van der Waals surface area contributed by atoms with Crippen molar-refractivity contribution in [2.45, 2.75) is 39.0 Å². The molecule has 0 aliphatic rings. The van der Waals surface area contributed by atoms with Crippen molar-refractivity contribution in [1.29, 1.82) is 0 Å². The average Bonchev–Trinajstić information content (AvgIpc) is 2.41. The van der Waals surface area contributed by atoms with Crippen molar-refractivity contribution in [2.24, 2.45) is 0 Å². The maximum absolute atomic E-state index is 13.6. The predicted octanol–water partition coefficient (Wildman–Crippen LogP) is 4.74. The molecule has 2 heterocycles. The predicted molar refractivity (Wildman–Crippen MR) is 79.7 cm³/mol. The molecule has 1 atom stereocenters. The van der Waals surface area contributed by atoms with E-state index in [1.54, 1.807) is 12.3 Å². The summed E-state index contributed by atoms with van der Waals surface area (Å²) in [6, 6.07) is 6.99. The van der Waals surface area contributed by atoms with Gasteiger partial charge in [0, 0.05) is 23.5 Å². The maximum atomic E-state index is 13.6. The number of hydrogen-bond donors (Lipinski definition) is 0. The fraction of sp³-hybridized carbons (Fsp3) is 0.375. The topological polar surface area (TPSA) is 25.8 Å². The Morgan fingerprint density at radius 1 is 1.15 bits per heavy atom. The zero-order valence-corrected chi connectivity index (χ0v) is 12.7.